The van der Waals surface area contributed by atoms with Gasteiger partial charge in [-0.2, -0.15) is 0 Å². The van der Waals surface area contributed by atoms with Gasteiger partial charge in [-0.25, -0.2) is 4.99 Å². The molecule has 2 aromatic rings. The second-order valence-electron chi connectivity index (χ2n) is 6.06. The van der Waals surface area contributed by atoms with Crippen molar-refractivity contribution in [2.24, 2.45) is 4.99 Å². The van der Waals surface area contributed by atoms with Crippen molar-refractivity contribution < 1.29 is 14.4 Å². The lowest BCUT2D eigenvalue weighted by Gasteiger charge is -2.13. The minimum absolute atomic E-state index is 0.0789. The number of guanidine groups is 1. The number of nitrogens with one attached hydrogen (secondary N) is 2. The van der Waals surface area contributed by atoms with Crippen LogP contribution in [-0.2, 0) is 13.1 Å². The number of ether oxygens (including phenoxy) is 2. The first-order chi connectivity index (χ1) is 13.6. The zero-order valence-electron chi connectivity index (χ0n) is 16.4. The van der Waals surface area contributed by atoms with E-state index in [-0.39, 0.29) is 5.69 Å². The van der Waals surface area contributed by atoms with E-state index in [9.17, 15) is 10.1 Å². The summed E-state index contributed by atoms with van der Waals surface area (Å²) in [6.45, 7) is 3.85. The molecule has 0 radical (unpaired) electrons. The minimum Gasteiger partial charge on any atom is -0.493 e. The van der Waals surface area contributed by atoms with Gasteiger partial charge in [-0.1, -0.05) is 25.1 Å². The molecule has 2 N–H and O–H groups in total. The van der Waals surface area contributed by atoms with Crippen LogP contribution < -0.4 is 20.1 Å². The Hall–Kier alpha value is -3.29. The van der Waals surface area contributed by atoms with Crippen LogP contribution >= 0.6 is 0 Å². The molecule has 150 valence electrons. The van der Waals surface area contributed by atoms with Gasteiger partial charge in [0.2, 0.25) is 0 Å². The first-order valence-corrected chi connectivity index (χ1v) is 9.03. The monoisotopic (exact) mass is 386 g/mol. The van der Waals surface area contributed by atoms with Crippen molar-refractivity contribution in [3.8, 4) is 11.5 Å². The van der Waals surface area contributed by atoms with Crippen LogP contribution in [0.3, 0.4) is 0 Å². The van der Waals surface area contributed by atoms with Crippen molar-refractivity contribution in [1.82, 2.24) is 10.6 Å². The lowest BCUT2D eigenvalue weighted by atomic mass is 10.2. The number of nitro groups is 1. The third-order valence-electron chi connectivity index (χ3n) is 4.02. The SMILES string of the molecule is CCCNC(=NCc1ccc(OC)c(OC)c1)NCc1ccc([N+](=O)[O-])cc1. The number of non-ortho nitro benzene ring substituents is 1. The summed E-state index contributed by atoms with van der Waals surface area (Å²) in [5.41, 5.74) is 2.00. The van der Waals surface area contributed by atoms with E-state index < -0.39 is 4.92 Å². The van der Waals surface area contributed by atoms with E-state index >= 15 is 0 Å². The molecule has 8 heteroatoms. The summed E-state index contributed by atoms with van der Waals surface area (Å²) in [6.07, 6.45) is 0.967. The molecule has 0 unspecified atom stereocenters. The normalized spacial score (nSPS) is 11.0. The van der Waals surface area contributed by atoms with E-state index in [4.69, 9.17) is 9.47 Å². The third kappa shape index (κ3) is 6.15. The number of aliphatic imine (C=N–C) groups is 1. The second kappa shape index (κ2) is 10.8. The van der Waals surface area contributed by atoms with Crippen LogP contribution in [-0.4, -0.2) is 31.6 Å². The Balaban J connectivity index is 2.04. The van der Waals surface area contributed by atoms with E-state index in [2.05, 4.69) is 22.5 Å². The largest absolute Gasteiger partial charge is 0.493 e. The Kier molecular flexibility index (Phi) is 8.08. The Morgan fingerprint density at radius 1 is 1.04 bits per heavy atom. The summed E-state index contributed by atoms with van der Waals surface area (Å²) >= 11 is 0. The lowest BCUT2D eigenvalue weighted by Crippen LogP contribution is -2.37. The van der Waals surface area contributed by atoms with Crippen LogP contribution in [0.15, 0.2) is 47.5 Å². The summed E-state index contributed by atoms with van der Waals surface area (Å²) < 4.78 is 10.6. The highest BCUT2D eigenvalue weighted by Crippen LogP contribution is 2.27. The van der Waals surface area contributed by atoms with E-state index in [0.29, 0.717) is 30.5 Å². The molecule has 0 aliphatic heterocycles. The number of benzene rings is 2. The van der Waals surface area contributed by atoms with Crippen LogP contribution in [0.4, 0.5) is 5.69 Å². The third-order valence-corrected chi connectivity index (χ3v) is 4.02. The maximum Gasteiger partial charge on any atom is 0.269 e. The number of hydrogen-bond donors (Lipinski definition) is 2. The highest BCUT2D eigenvalue weighted by Gasteiger charge is 2.06. The highest BCUT2D eigenvalue weighted by molar-refractivity contribution is 5.79. The summed E-state index contributed by atoms with van der Waals surface area (Å²) in [6, 6.07) is 12.2. The molecule has 0 heterocycles. The Labute approximate surface area is 164 Å². The van der Waals surface area contributed by atoms with Gasteiger partial charge in [0, 0.05) is 25.2 Å². The fourth-order valence-electron chi connectivity index (χ4n) is 2.49. The van der Waals surface area contributed by atoms with Gasteiger partial charge < -0.3 is 20.1 Å². The number of rotatable bonds is 9. The van der Waals surface area contributed by atoms with Crippen LogP contribution in [0, 0.1) is 10.1 Å². The van der Waals surface area contributed by atoms with Crippen LogP contribution in [0.5, 0.6) is 11.5 Å². The summed E-state index contributed by atoms with van der Waals surface area (Å²) in [4.78, 5) is 15.0. The van der Waals surface area contributed by atoms with Gasteiger partial charge in [0.05, 0.1) is 25.7 Å². The predicted molar refractivity (Wildman–Crippen MR) is 109 cm³/mol. The number of nitrogens with zero attached hydrogens (tertiary/aromatic N) is 2. The molecule has 0 saturated carbocycles. The molecule has 0 aliphatic rings. The van der Waals surface area contributed by atoms with Crippen molar-refractivity contribution in [2.45, 2.75) is 26.4 Å². The Bertz CT molecular complexity index is 806. The fourth-order valence-corrected chi connectivity index (χ4v) is 2.49. The van der Waals surface area contributed by atoms with Gasteiger partial charge in [0.25, 0.3) is 5.69 Å². The molecule has 2 rings (SSSR count). The lowest BCUT2D eigenvalue weighted by molar-refractivity contribution is -0.384. The molecule has 0 aromatic heterocycles. The summed E-state index contributed by atoms with van der Waals surface area (Å²) in [7, 11) is 3.20. The van der Waals surface area contributed by atoms with Crippen LogP contribution in [0.1, 0.15) is 24.5 Å². The number of nitro benzene ring substituents is 1. The molecule has 0 aliphatic carbocycles. The van der Waals surface area contributed by atoms with E-state index in [0.717, 1.165) is 24.1 Å². The maximum atomic E-state index is 10.7. The molecule has 0 fully saturated rings. The van der Waals surface area contributed by atoms with Gasteiger partial charge in [-0.15, -0.1) is 0 Å². The molecule has 0 atom stereocenters. The van der Waals surface area contributed by atoms with Gasteiger partial charge in [0.15, 0.2) is 17.5 Å². The van der Waals surface area contributed by atoms with Crippen LogP contribution in [0.25, 0.3) is 0 Å². The van der Waals surface area contributed by atoms with Gasteiger partial charge in [0.1, 0.15) is 0 Å². The van der Waals surface area contributed by atoms with Crippen molar-refractivity contribution in [3.63, 3.8) is 0 Å². The van der Waals surface area contributed by atoms with Crippen molar-refractivity contribution >= 4 is 11.6 Å². The van der Waals surface area contributed by atoms with Gasteiger partial charge in [-0.3, -0.25) is 10.1 Å². The number of hydrogen-bond acceptors (Lipinski definition) is 5. The molecule has 0 saturated heterocycles. The standard InChI is InChI=1S/C20H26N4O4/c1-4-11-21-20(22-13-15-5-8-17(9-6-15)24(25)26)23-14-16-7-10-18(27-2)19(12-16)28-3/h5-10,12H,4,11,13-14H2,1-3H3,(H2,21,22,23). The van der Waals surface area contributed by atoms with Crippen molar-refractivity contribution in [2.75, 3.05) is 20.8 Å². The quantitative estimate of drug-likeness (QED) is 0.297. The van der Waals surface area contributed by atoms with E-state index in [1.54, 1.807) is 26.4 Å². The molecular formula is C20H26N4O4. The molecule has 0 bridgehead atoms. The maximum absolute atomic E-state index is 10.7. The zero-order valence-corrected chi connectivity index (χ0v) is 16.4. The first kappa shape index (κ1) is 21.0. The summed E-state index contributed by atoms with van der Waals surface area (Å²) in [5.74, 6) is 2.02. The van der Waals surface area contributed by atoms with Crippen molar-refractivity contribution in [1.29, 1.82) is 0 Å². The topological polar surface area (TPSA) is 98.0 Å². The van der Waals surface area contributed by atoms with Gasteiger partial charge >= 0.3 is 0 Å². The Morgan fingerprint density at radius 3 is 2.32 bits per heavy atom. The van der Waals surface area contributed by atoms with E-state index in [1.165, 1.54) is 12.1 Å². The fraction of sp³-hybridized carbons (Fsp3) is 0.350. The molecule has 8 nitrogen and oxygen atoms in total. The molecule has 2 aromatic carbocycles. The molecular weight excluding hydrogens is 360 g/mol. The molecule has 28 heavy (non-hydrogen) atoms. The van der Waals surface area contributed by atoms with E-state index in [1.807, 2.05) is 18.2 Å². The predicted octanol–water partition coefficient (Wildman–Crippen LogP) is 3.26. The first-order valence-electron chi connectivity index (χ1n) is 9.03. The summed E-state index contributed by atoms with van der Waals surface area (Å²) in [5, 5.41) is 17.3. The zero-order chi connectivity index (χ0) is 20.4. The molecule has 0 spiro atoms. The van der Waals surface area contributed by atoms with Gasteiger partial charge in [-0.05, 0) is 29.7 Å². The number of methoxy groups -OCH3 is 2. The average Bonchev–Trinajstić information content (AvgIpc) is 2.73. The average molecular weight is 386 g/mol. The highest BCUT2D eigenvalue weighted by atomic mass is 16.6. The van der Waals surface area contributed by atoms with Crippen LogP contribution in [0.2, 0.25) is 0 Å². The second-order valence-corrected chi connectivity index (χ2v) is 6.06. The minimum atomic E-state index is -0.407. The smallest absolute Gasteiger partial charge is 0.269 e. The Morgan fingerprint density at radius 2 is 1.71 bits per heavy atom. The molecule has 0 amide bonds. The van der Waals surface area contributed by atoms with Crippen molar-refractivity contribution in [3.05, 3.63) is 63.7 Å².